The fourth-order valence-corrected chi connectivity index (χ4v) is 3.72. The summed E-state index contributed by atoms with van der Waals surface area (Å²) in [5, 5.41) is 10.7. The van der Waals surface area contributed by atoms with Crippen molar-refractivity contribution in [2.75, 3.05) is 39.3 Å². The second kappa shape index (κ2) is 5.12. The summed E-state index contributed by atoms with van der Waals surface area (Å²) in [7, 11) is -3.68. The van der Waals surface area contributed by atoms with Crippen molar-refractivity contribution in [3.8, 4) is 0 Å². The van der Waals surface area contributed by atoms with Crippen molar-refractivity contribution in [3.05, 3.63) is 0 Å². The van der Waals surface area contributed by atoms with Gasteiger partial charge in [-0.1, -0.05) is 0 Å². The van der Waals surface area contributed by atoms with E-state index in [4.69, 9.17) is 5.11 Å². The van der Waals surface area contributed by atoms with Gasteiger partial charge in [0, 0.05) is 45.3 Å². The third-order valence-corrected chi connectivity index (χ3v) is 5.76. The molecule has 0 aromatic carbocycles. The first kappa shape index (κ1) is 13.7. The van der Waals surface area contributed by atoms with Gasteiger partial charge in [0.2, 0.25) is 10.0 Å². The van der Waals surface area contributed by atoms with Gasteiger partial charge in [-0.25, -0.2) is 8.42 Å². The summed E-state index contributed by atoms with van der Waals surface area (Å²) in [6.45, 7) is 5.75. The minimum atomic E-state index is -3.68. The molecule has 0 spiro atoms. The first-order valence-electron chi connectivity index (χ1n) is 6.09. The lowest BCUT2D eigenvalue weighted by molar-refractivity contribution is -0.136. The number of rotatable bonds is 4. The molecule has 2 fully saturated rings. The van der Waals surface area contributed by atoms with Crippen molar-refractivity contribution in [1.82, 2.24) is 14.5 Å². The van der Waals surface area contributed by atoms with Crippen LogP contribution in [0, 0.1) is 0 Å². The van der Waals surface area contributed by atoms with Crippen molar-refractivity contribution in [3.63, 3.8) is 0 Å². The van der Waals surface area contributed by atoms with E-state index in [1.54, 1.807) is 0 Å². The van der Waals surface area contributed by atoms with Crippen LogP contribution < -0.4 is 5.32 Å². The van der Waals surface area contributed by atoms with Crippen molar-refractivity contribution >= 4 is 16.0 Å². The van der Waals surface area contributed by atoms with Gasteiger partial charge in [-0.05, 0) is 6.92 Å². The maximum absolute atomic E-state index is 11.9. The highest BCUT2D eigenvalue weighted by Crippen LogP contribution is 2.22. The van der Waals surface area contributed by atoms with Crippen LogP contribution in [0.2, 0.25) is 0 Å². The Morgan fingerprint density at radius 1 is 1.33 bits per heavy atom. The second-order valence-corrected chi connectivity index (χ2v) is 7.04. The summed E-state index contributed by atoms with van der Waals surface area (Å²) in [6, 6.07) is 0.239. The highest BCUT2D eigenvalue weighted by atomic mass is 32.2. The number of carbonyl (C=O) groups is 1. The molecule has 0 radical (unpaired) electrons. The molecular weight excluding hydrogens is 258 g/mol. The number of carboxylic acid groups (broad SMARTS) is 1. The Morgan fingerprint density at radius 3 is 2.39 bits per heavy atom. The molecule has 18 heavy (non-hydrogen) atoms. The number of piperazine rings is 1. The molecule has 0 amide bonds. The van der Waals surface area contributed by atoms with E-state index in [-0.39, 0.29) is 6.04 Å². The topological polar surface area (TPSA) is 89.9 Å². The van der Waals surface area contributed by atoms with Crippen LogP contribution in [-0.2, 0) is 14.8 Å². The molecule has 2 rings (SSSR count). The van der Waals surface area contributed by atoms with Crippen molar-refractivity contribution in [2.45, 2.75) is 18.2 Å². The van der Waals surface area contributed by atoms with E-state index >= 15 is 0 Å². The Labute approximate surface area is 107 Å². The molecule has 104 valence electrons. The highest BCUT2D eigenvalue weighted by Gasteiger charge is 2.43. The Morgan fingerprint density at radius 2 is 1.89 bits per heavy atom. The van der Waals surface area contributed by atoms with E-state index in [1.807, 2.05) is 0 Å². The van der Waals surface area contributed by atoms with Gasteiger partial charge in [0.15, 0.2) is 5.25 Å². The van der Waals surface area contributed by atoms with Gasteiger partial charge in [-0.15, -0.1) is 0 Å². The standard InChI is InChI=1S/C10H19N3O4S/c1-8(10(14)15)18(16,17)13-6-9(7-13)12-4-2-11-3-5-12/h8-9,11H,2-7H2,1H3,(H,14,15). The monoisotopic (exact) mass is 277 g/mol. The molecule has 0 aromatic rings. The minimum Gasteiger partial charge on any atom is -0.480 e. The number of hydrogen-bond acceptors (Lipinski definition) is 5. The fraction of sp³-hybridized carbons (Fsp3) is 0.900. The van der Waals surface area contributed by atoms with Crippen LogP contribution >= 0.6 is 0 Å². The molecule has 0 aliphatic carbocycles. The van der Waals surface area contributed by atoms with E-state index in [1.165, 1.54) is 11.2 Å². The average molecular weight is 277 g/mol. The van der Waals surface area contributed by atoms with Crippen molar-refractivity contribution < 1.29 is 18.3 Å². The van der Waals surface area contributed by atoms with Gasteiger partial charge in [-0.2, -0.15) is 4.31 Å². The molecule has 2 N–H and O–H groups in total. The van der Waals surface area contributed by atoms with Gasteiger partial charge < -0.3 is 10.4 Å². The molecule has 2 aliphatic heterocycles. The van der Waals surface area contributed by atoms with Crippen LogP contribution in [0.3, 0.4) is 0 Å². The molecule has 0 saturated carbocycles. The minimum absolute atomic E-state index is 0.239. The summed E-state index contributed by atoms with van der Waals surface area (Å²) in [6.07, 6.45) is 0. The van der Waals surface area contributed by atoms with Crippen LogP contribution in [-0.4, -0.2) is 79.3 Å². The zero-order valence-corrected chi connectivity index (χ0v) is 11.2. The third-order valence-electron chi connectivity index (χ3n) is 3.65. The quantitative estimate of drug-likeness (QED) is 0.642. The molecule has 1 unspecified atom stereocenters. The lowest BCUT2D eigenvalue weighted by Crippen LogP contribution is -2.65. The van der Waals surface area contributed by atoms with Crippen LogP contribution in [0.4, 0.5) is 0 Å². The SMILES string of the molecule is CC(C(=O)O)S(=O)(=O)N1CC(N2CCNCC2)C1. The number of sulfonamides is 1. The van der Waals surface area contributed by atoms with Gasteiger partial charge in [-0.3, -0.25) is 9.69 Å². The van der Waals surface area contributed by atoms with E-state index in [0.717, 1.165) is 26.2 Å². The molecule has 7 nitrogen and oxygen atoms in total. The van der Waals surface area contributed by atoms with Gasteiger partial charge in [0.1, 0.15) is 0 Å². The predicted octanol–water partition coefficient (Wildman–Crippen LogP) is -1.62. The average Bonchev–Trinajstić information content (AvgIpc) is 2.27. The summed E-state index contributed by atoms with van der Waals surface area (Å²) in [4.78, 5) is 13.0. The highest BCUT2D eigenvalue weighted by molar-refractivity contribution is 7.90. The number of aliphatic carboxylic acids is 1. The normalized spacial score (nSPS) is 25.6. The Bertz CT molecular complexity index is 413. The van der Waals surface area contributed by atoms with E-state index in [2.05, 4.69) is 10.2 Å². The van der Waals surface area contributed by atoms with Crippen LogP contribution in [0.15, 0.2) is 0 Å². The first-order chi connectivity index (χ1) is 8.43. The molecule has 2 aliphatic rings. The predicted molar refractivity (Wildman–Crippen MR) is 65.8 cm³/mol. The van der Waals surface area contributed by atoms with Crippen molar-refractivity contribution in [1.29, 1.82) is 0 Å². The molecule has 2 heterocycles. The second-order valence-electron chi connectivity index (χ2n) is 4.78. The third kappa shape index (κ3) is 2.51. The van der Waals surface area contributed by atoms with Gasteiger partial charge in [0.25, 0.3) is 0 Å². The largest absolute Gasteiger partial charge is 0.480 e. The zero-order chi connectivity index (χ0) is 13.3. The smallest absolute Gasteiger partial charge is 0.323 e. The van der Waals surface area contributed by atoms with E-state index in [0.29, 0.717) is 13.1 Å². The molecule has 0 bridgehead atoms. The van der Waals surface area contributed by atoms with Crippen LogP contribution in [0.1, 0.15) is 6.92 Å². The van der Waals surface area contributed by atoms with Crippen LogP contribution in [0.25, 0.3) is 0 Å². The van der Waals surface area contributed by atoms with E-state index in [9.17, 15) is 13.2 Å². The van der Waals surface area contributed by atoms with Gasteiger partial charge in [0.05, 0.1) is 0 Å². The summed E-state index contributed by atoms with van der Waals surface area (Å²) in [5.41, 5.74) is 0. The lowest BCUT2D eigenvalue weighted by atomic mass is 10.1. The number of hydrogen-bond donors (Lipinski definition) is 2. The first-order valence-corrected chi connectivity index (χ1v) is 7.60. The number of carboxylic acids is 1. The number of nitrogens with zero attached hydrogens (tertiary/aromatic N) is 2. The van der Waals surface area contributed by atoms with Crippen LogP contribution in [0.5, 0.6) is 0 Å². The Kier molecular flexibility index (Phi) is 3.90. The molecule has 0 aromatic heterocycles. The maximum Gasteiger partial charge on any atom is 0.323 e. The number of nitrogens with one attached hydrogen (secondary N) is 1. The van der Waals surface area contributed by atoms with Crippen molar-refractivity contribution in [2.24, 2.45) is 0 Å². The molecule has 1 atom stereocenters. The Balaban J connectivity index is 1.90. The fourth-order valence-electron chi connectivity index (χ4n) is 2.25. The summed E-state index contributed by atoms with van der Waals surface area (Å²) < 4.78 is 25.1. The maximum atomic E-state index is 11.9. The lowest BCUT2D eigenvalue weighted by Gasteiger charge is -2.46. The Hall–Kier alpha value is -0.700. The molecular formula is C10H19N3O4S. The summed E-state index contributed by atoms with van der Waals surface area (Å²) >= 11 is 0. The molecule has 8 heteroatoms. The van der Waals surface area contributed by atoms with E-state index < -0.39 is 21.2 Å². The zero-order valence-electron chi connectivity index (χ0n) is 10.4. The van der Waals surface area contributed by atoms with Gasteiger partial charge >= 0.3 is 5.97 Å². The summed E-state index contributed by atoms with van der Waals surface area (Å²) in [5.74, 6) is -1.29. The molecule has 2 saturated heterocycles.